The van der Waals surface area contributed by atoms with E-state index in [0.717, 1.165) is 12.1 Å². The van der Waals surface area contributed by atoms with Crippen molar-refractivity contribution < 1.29 is 4.79 Å². The molecule has 0 aromatic rings. The van der Waals surface area contributed by atoms with Crippen LogP contribution >= 0.6 is 0 Å². The van der Waals surface area contributed by atoms with Gasteiger partial charge in [0.25, 0.3) is 0 Å². The number of nitrogens with two attached hydrogens (primary N) is 1. The summed E-state index contributed by atoms with van der Waals surface area (Å²) in [4.78, 5) is 11.1. The Morgan fingerprint density at radius 2 is 2.06 bits per heavy atom. The van der Waals surface area contributed by atoms with Crippen molar-refractivity contribution >= 4 is 5.91 Å². The number of hydrogen-bond acceptors (Lipinski definition) is 2. The summed E-state index contributed by atoms with van der Waals surface area (Å²) >= 11 is 0. The quantitative estimate of drug-likeness (QED) is 0.678. The van der Waals surface area contributed by atoms with Crippen molar-refractivity contribution in [1.29, 1.82) is 0 Å². The van der Waals surface area contributed by atoms with Crippen LogP contribution in [0.2, 0.25) is 0 Å². The molecule has 1 atom stereocenters. The molecular weight excluding hydrogens is 200 g/mol. The van der Waals surface area contributed by atoms with Crippen LogP contribution in [0.15, 0.2) is 12.2 Å². The van der Waals surface area contributed by atoms with Crippen LogP contribution in [-0.2, 0) is 4.79 Å². The third-order valence-electron chi connectivity index (χ3n) is 3.31. The molecule has 1 aliphatic carbocycles. The molecule has 0 unspecified atom stereocenters. The van der Waals surface area contributed by atoms with Crippen LogP contribution in [0.1, 0.15) is 45.4 Å². The second kappa shape index (κ2) is 6.69. The molecule has 3 heteroatoms. The van der Waals surface area contributed by atoms with Crippen LogP contribution in [0, 0.1) is 5.92 Å². The fourth-order valence-corrected chi connectivity index (χ4v) is 2.46. The predicted octanol–water partition coefficient (Wildman–Crippen LogP) is 1.98. The van der Waals surface area contributed by atoms with Crippen LogP contribution in [0.4, 0.5) is 0 Å². The average molecular weight is 224 g/mol. The van der Waals surface area contributed by atoms with Crippen LogP contribution in [0.3, 0.4) is 0 Å². The van der Waals surface area contributed by atoms with E-state index in [1.54, 1.807) is 0 Å². The van der Waals surface area contributed by atoms with Crippen molar-refractivity contribution in [2.75, 3.05) is 6.54 Å². The Morgan fingerprint density at radius 3 is 2.56 bits per heavy atom. The molecule has 1 saturated carbocycles. The zero-order valence-electron chi connectivity index (χ0n) is 10.3. The van der Waals surface area contributed by atoms with E-state index in [9.17, 15) is 4.79 Å². The molecule has 1 aliphatic rings. The van der Waals surface area contributed by atoms with Gasteiger partial charge in [-0.15, -0.1) is 0 Å². The lowest BCUT2D eigenvalue weighted by molar-refractivity contribution is -0.118. The topological polar surface area (TPSA) is 55.1 Å². The van der Waals surface area contributed by atoms with Gasteiger partial charge in [-0.3, -0.25) is 4.79 Å². The van der Waals surface area contributed by atoms with Crippen molar-refractivity contribution in [3.8, 4) is 0 Å². The Bertz CT molecular complexity index is 244. The number of carbonyl (C=O) groups excluding carboxylic acids is 1. The maximum atomic E-state index is 11.1. The van der Waals surface area contributed by atoms with E-state index >= 15 is 0 Å². The summed E-state index contributed by atoms with van der Waals surface area (Å²) in [5.41, 5.74) is 6.41. The lowest BCUT2D eigenvalue weighted by Crippen LogP contribution is -2.41. The van der Waals surface area contributed by atoms with Crippen LogP contribution in [0.25, 0.3) is 0 Å². The van der Waals surface area contributed by atoms with E-state index in [0.29, 0.717) is 12.3 Å². The first-order valence-electron chi connectivity index (χ1n) is 6.25. The molecule has 0 aromatic carbocycles. The Hall–Kier alpha value is -0.830. The number of carbonyl (C=O) groups is 1. The van der Waals surface area contributed by atoms with Crippen LogP contribution in [0.5, 0.6) is 0 Å². The molecule has 1 fully saturated rings. The standard InChI is InChI=1S/C13H24N2O/c1-10(2)9-15-12(8-13(14)16)11-6-4-3-5-7-11/h11-12,15H,1,3-9H2,2H3,(H2,14,16)/t12-/m1/s1. The van der Waals surface area contributed by atoms with Gasteiger partial charge in [-0.1, -0.05) is 31.4 Å². The lowest BCUT2D eigenvalue weighted by Gasteiger charge is -2.30. The van der Waals surface area contributed by atoms with Gasteiger partial charge in [-0.25, -0.2) is 0 Å². The third-order valence-corrected chi connectivity index (χ3v) is 3.31. The van der Waals surface area contributed by atoms with Gasteiger partial charge in [0.05, 0.1) is 0 Å². The molecule has 0 bridgehead atoms. The van der Waals surface area contributed by atoms with Gasteiger partial charge in [0.2, 0.25) is 5.91 Å². The Morgan fingerprint density at radius 1 is 1.44 bits per heavy atom. The molecule has 3 nitrogen and oxygen atoms in total. The first-order valence-corrected chi connectivity index (χ1v) is 6.25. The van der Waals surface area contributed by atoms with Gasteiger partial charge in [0.15, 0.2) is 0 Å². The summed E-state index contributed by atoms with van der Waals surface area (Å²) in [6.07, 6.45) is 6.81. The van der Waals surface area contributed by atoms with E-state index in [4.69, 9.17) is 5.73 Å². The van der Waals surface area contributed by atoms with E-state index in [2.05, 4.69) is 11.9 Å². The Labute approximate surface area is 98.5 Å². The van der Waals surface area contributed by atoms with Crippen molar-refractivity contribution in [3.63, 3.8) is 0 Å². The molecule has 0 aromatic heterocycles. The first-order chi connectivity index (χ1) is 7.59. The van der Waals surface area contributed by atoms with Gasteiger partial charge >= 0.3 is 0 Å². The largest absolute Gasteiger partial charge is 0.370 e. The minimum atomic E-state index is -0.204. The first kappa shape index (κ1) is 13.2. The molecule has 92 valence electrons. The van der Waals surface area contributed by atoms with Gasteiger partial charge in [-0.2, -0.15) is 0 Å². The minimum Gasteiger partial charge on any atom is -0.370 e. The van der Waals surface area contributed by atoms with E-state index in [1.165, 1.54) is 32.1 Å². The minimum absolute atomic E-state index is 0.204. The fraction of sp³-hybridized carbons (Fsp3) is 0.769. The molecule has 0 aliphatic heterocycles. The number of hydrogen-bond donors (Lipinski definition) is 2. The molecule has 3 N–H and O–H groups in total. The number of primary amides is 1. The zero-order chi connectivity index (χ0) is 12.0. The number of rotatable bonds is 6. The maximum absolute atomic E-state index is 11.1. The molecule has 0 saturated heterocycles. The van der Waals surface area contributed by atoms with Crippen LogP contribution < -0.4 is 11.1 Å². The van der Waals surface area contributed by atoms with Crippen molar-refractivity contribution in [1.82, 2.24) is 5.32 Å². The monoisotopic (exact) mass is 224 g/mol. The summed E-state index contributed by atoms with van der Waals surface area (Å²) < 4.78 is 0. The molecule has 1 rings (SSSR count). The van der Waals surface area contributed by atoms with Crippen molar-refractivity contribution in [2.24, 2.45) is 11.7 Å². The summed E-state index contributed by atoms with van der Waals surface area (Å²) in [7, 11) is 0. The summed E-state index contributed by atoms with van der Waals surface area (Å²) in [5, 5.41) is 3.42. The smallest absolute Gasteiger partial charge is 0.218 e. The van der Waals surface area contributed by atoms with Crippen molar-refractivity contribution in [3.05, 3.63) is 12.2 Å². The van der Waals surface area contributed by atoms with E-state index in [1.807, 2.05) is 6.92 Å². The lowest BCUT2D eigenvalue weighted by atomic mass is 9.82. The summed E-state index contributed by atoms with van der Waals surface area (Å²) in [5.74, 6) is 0.408. The molecule has 16 heavy (non-hydrogen) atoms. The Kier molecular flexibility index (Phi) is 5.53. The third kappa shape index (κ3) is 4.79. The number of amides is 1. The highest BCUT2D eigenvalue weighted by molar-refractivity contribution is 5.74. The van der Waals surface area contributed by atoms with Gasteiger partial charge in [-0.05, 0) is 25.7 Å². The molecule has 0 spiro atoms. The molecular formula is C13H24N2O. The molecule has 1 amide bonds. The molecule has 0 heterocycles. The second-order valence-electron chi connectivity index (χ2n) is 5.01. The summed E-state index contributed by atoms with van der Waals surface area (Å²) in [6, 6.07) is 0.245. The Balaban J connectivity index is 2.47. The fourth-order valence-electron chi connectivity index (χ4n) is 2.46. The highest BCUT2D eigenvalue weighted by atomic mass is 16.1. The van der Waals surface area contributed by atoms with E-state index in [-0.39, 0.29) is 11.9 Å². The normalized spacial score (nSPS) is 19.3. The van der Waals surface area contributed by atoms with Gasteiger partial charge < -0.3 is 11.1 Å². The zero-order valence-corrected chi connectivity index (χ0v) is 10.3. The van der Waals surface area contributed by atoms with E-state index < -0.39 is 0 Å². The van der Waals surface area contributed by atoms with Crippen molar-refractivity contribution in [2.45, 2.75) is 51.5 Å². The predicted molar refractivity (Wildman–Crippen MR) is 67.0 cm³/mol. The SMILES string of the molecule is C=C(C)CN[C@H](CC(N)=O)C1CCCCC1. The molecule has 0 radical (unpaired) electrons. The second-order valence-corrected chi connectivity index (χ2v) is 5.01. The van der Waals surface area contributed by atoms with Crippen LogP contribution in [-0.4, -0.2) is 18.5 Å². The highest BCUT2D eigenvalue weighted by Gasteiger charge is 2.24. The average Bonchev–Trinajstić information content (AvgIpc) is 2.25. The van der Waals surface area contributed by atoms with Gasteiger partial charge in [0.1, 0.15) is 0 Å². The highest BCUT2D eigenvalue weighted by Crippen LogP contribution is 2.27. The number of nitrogens with one attached hydrogen (secondary N) is 1. The van der Waals surface area contributed by atoms with Gasteiger partial charge in [0, 0.05) is 19.0 Å². The maximum Gasteiger partial charge on any atom is 0.218 e. The summed E-state index contributed by atoms with van der Waals surface area (Å²) in [6.45, 7) is 6.65.